The van der Waals surface area contributed by atoms with Gasteiger partial charge in [0.1, 0.15) is 11.6 Å². The lowest BCUT2D eigenvalue weighted by atomic mass is 10.3. The Balaban J connectivity index is 1.77. The molecule has 0 aliphatic carbocycles. The Morgan fingerprint density at radius 2 is 2.13 bits per heavy atom. The van der Waals surface area contributed by atoms with Crippen molar-refractivity contribution in [2.75, 3.05) is 5.32 Å². The fraction of sp³-hybridized carbons (Fsp3) is 0.0714. The van der Waals surface area contributed by atoms with E-state index in [0.717, 1.165) is 5.69 Å². The third-order valence-electron chi connectivity index (χ3n) is 2.83. The topological polar surface area (TPSA) is 119 Å². The van der Waals surface area contributed by atoms with Crippen molar-refractivity contribution >= 4 is 17.3 Å². The van der Waals surface area contributed by atoms with E-state index in [-0.39, 0.29) is 17.4 Å². The Morgan fingerprint density at radius 1 is 1.26 bits per heavy atom. The number of benzene rings is 1. The molecule has 2 heterocycles. The SMILES string of the molecule is Cc1cc(Nc2ccnc(Oc3cccc([N+](=O)[O-])c3)n2)n[nH]1. The van der Waals surface area contributed by atoms with Crippen molar-refractivity contribution in [3.05, 3.63) is 58.4 Å². The van der Waals surface area contributed by atoms with Crippen LogP contribution in [-0.4, -0.2) is 25.1 Å². The van der Waals surface area contributed by atoms with Crippen molar-refractivity contribution in [2.45, 2.75) is 6.92 Å². The molecule has 9 heteroatoms. The van der Waals surface area contributed by atoms with Crippen LogP contribution in [0.5, 0.6) is 11.8 Å². The Hall–Kier alpha value is -3.49. The third-order valence-corrected chi connectivity index (χ3v) is 2.83. The van der Waals surface area contributed by atoms with Gasteiger partial charge in [0.25, 0.3) is 5.69 Å². The molecule has 1 aromatic carbocycles. The highest BCUT2D eigenvalue weighted by Gasteiger charge is 2.09. The number of ether oxygens (including phenoxy) is 1. The second-order valence-electron chi connectivity index (χ2n) is 4.64. The van der Waals surface area contributed by atoms with Crippen molar-refractivity contribution in [3.8, 4) is 11.8 Å². The molecule has 0 bridgehead atoms. The number of anilines is 2. The number of aromatic amines is 1. The third kappa shape index (κ3) is 3.59. The number of H-pyrrole nitrogens is 1. The number of nitrogens with one attached hydrogen (secondary N) is 2. The first kappa shape index (κ1) is 14.4. The van der Waals surface area contributed by atoms with Crippen molar-refractivity contribution in [1.82, 2.24) is 20.2 Å². The van der Waals surface area contributed by atoms with E-state index in [9.17, 15) is 10.1 Å². The van der Waals surface area contributed by atoms with Gasteiger partial charge in [0.05, 0.1) is 11.0 Å². The van der Waals surface area contributed by atoms with E-state index in [1.165, 1.54) is 24.4 Å². The van der Waals surface area contributed by atoms with Gasteiger partial charge in [-0.05, 0) is 19.1 Å². The molecule has 0 amide bonds. The van der Waals surface area contributed by atoms with E-state index in [1.807, 2.05) is 13.0 Å². The highest BCUT2D eigenvalue weighted by atomic mass is 16.6. The van der Waals surface area contributed by atoms with E-state index in [0.29, 0.717) is 11.6 Å². The molecule has 2 N–H and O–H groups in total. The molecule has 0 fully saturated rings. The van der Waals surface area contributed by atoms with Crippen LogP contribution >= 0.6 is 0 Å². The van der Waals surface area contributed by atoms with E-state index in [2.05, 4.69) is 25.5 Å². The van der Waals surface area contributed by atoms with Crippen LogP contribution in [0.2, 0.25) is 0 Å². The zero-order valence-corrected chi connectivity index (χ0v) is 12.1. The minimum Gasteiger partial charge on any atom is -0.424 e. The summed E-state index contributed by atoms with van der Waals surface area (Å²) in [6.45, 7) is 1.88. The highest BCUT2D eigenvalue weighted by Crippen LogP contribution is 2.23. The predicted octanol–water partition coefficient (Wildman–Crippen LogP) is 2.95. The molecule has 116 valence electrons. The number of non-ortho nitro benzene ring substituents is 1. The normalized spacial score (nSPS) is 10.3. The molecule has 0 saturated carbocycles. The molecule has 2 aromatic heterocycles. The highest BCUT2D eigenvalue weighted by molar-refractivity contribution is 5.51. The van der Waals surface area contributed by atoms with Crippen molar-refractivity contribution in [2.24, 2.45) is 0 Å². The van der Waals surface area contributed by atoms with E-state index < -0.39 is 4.92 Å². The zero-order chi connectivity index (χ0) is 16.2. The fourth-order valence-corrected chi connectivity index (χ4v) is 1.84. The summed E-state index contributed by atoms with van der Waals surface area (Å²) in [5, 5.41) is 20.6. The molecular formula is C14H12N6O3. The zero-order valence-electron chi connectivity index (χ0n) is 12.1. The summed E-state index contributed by atoms with van der Waals surface area (Å²) < 4.78 is 5.46. The van der Waals surface area contributed by atoms with Gasteiger partial charge in [-0.25, -0.2) is 4.98 Å². The van der Waals surface area contributed by atoms with Gasteiger partial charge in [0.2, 0.25) is 0 Å². The number of aryl methyl sites for hydroxylation is 1. The first-order chi connectivity index (χ1) is 11.1. The van der Waals surface area contributed by atoms with Gasteiger partial charge in [-0.15, -0.1) is 0 Å². The maximum absolute atomic E-state index is 10.8. The summed E-state index contributed by atoms with van der Waals surface area (Å²) in [7, 11) is 0. The lowest BCUT2D eigenvalue weighted by molar-refractivity contribution is -0.384. The molecule has 0 aliphatic heterocycles. The first-order valence-electron chi connectivity index (χ1n) is 6.64. The van der Waals surface area contributed by atoms with Crippen LogP contribution in [0.15, 0.2) is 42.6 Å². The van der Waals surface area contributed by atoms with Crippen molar-refractivity contribution in [3.63, 3.8) is 0 Å². The average molecular weight is 312 g/mol. The second-order valence-corrected chi connectivity index (χ2v) is 4.64. The molecule has 23 heavy (non-hydrogen) atoms. The van der Waals surface area contributed by atoms with Crippen LogP contribution < -0.4 is 10.1 Å². The van der Waals surface area contributed by atoms with Crippen LogP contribution in [0.3, 0.4) is 0 Å². The molecule has 3 rings (SSSR count). The number of nitro groups is 1. The standard InChI is InChI=1S/C14H12N6O3/c1-9-7-13(19-18-9)16-12-5-6-15-14(17-12)23-11-4-2-3-10(8-11)20(21)22/h2-8H,1H3,(H2,15,16,17,18,19). The van der Waals surface area contributed by atoms with Crippen LogP contribution in [0, 0.1) is 17.0 Å². The maximum atomic E-state index is 10.8. The minimum atomic E-state index is -0.494. The Labute approximate surface area is 130 Å². The van der Waals surface area contributed by atoms with Gasteiger partial charge in [-0.1, -0.05) is 6.07 Å². The van der Waals surface area contributed by atoms with E-state index in [4.69, 9.17) is 4.74 Å². The van der Waals surface area contributed by atoms with E-state index >= 15 is 0 Å². The maximum Gasteiger partial charge on any atom is 0.323 e. The van der Waals surface area contributed by atoms with Gasteiger partial charge in [0.15, 0.2) is 5.82 Å². The van der Waals surface area contributed by atoms with Crippen molar-refractivity contribution in [1.29, 1.82) is 0 Å². The lowest BCUT2D eigenvalue weighted by Gasteiger charge is -2.05. The molecule has 3 aromatic rings. The molecule has 0 unspecified atom stereocenters. The molecule has 0 radical (unpaired) electrons. The molecule has 9 nitrogen and oxygen atoms in total. The predicted molar refractivity (Wildman–Crippen MR) is 81.8 cm³/mol. The van der Waals surface area contributed by atoms with Crippen LogP contribution in [0.25, 0.3) is 0 Å². The monoisotopic (exact) mass is 312 g/mol. The van der Waals surface area contributed by atoms with Gasteiger partial charge in [0, 0.05) is 24.0 Å². The Bertz CT molecular complexity index is 848. The van der Waals surface area contributed by atoms with Gasteiger partial charge in [-0.3, -0.25) is 15.2 Å². The van der Waals surface area contributed by atoms with E-state index in [1.54, 1.807) is 12.1 Å². The second kappa shape index (κ2) is 6.10. The largest absolute Gasteiger partial charge is 0.424 e. The number of nitro benzene ring substituents is 1. The van der Waals surface area contributed by atoms with Crippen LogP contribution in [-0.2, 0) is 0 Å². The number of hydrogen-bond acceptors (Lipinski definition) is 7. The summed E-state index contributed by atoms with van der Waals surface area (Å²) >= 11 is 0. The van der Waals surface area contributed by atoms with Crippen LogP contribution in [0.1, 0.15) is 5.69 Å². The molecule has 0 atom stereocenters. The quantitative estimate of drug-likeness (QED) is 0.549. The molecule has 0 saturated heterocycles. The minimum absolute atomic E-state index is 0.0659. The van der Waals surface area contributed by atoms with Gasteiger partial charge >= 0.3 is 6.01 Å². The lowest BCUT2D eigenvalue weighted by Crippen LogP contribution is -1.98. The Morgan fingerprint density at radius 3 is 2.87 bits per heavy atom. The van der Waals surface area contributed by atoms with Crippen LogP contribution in [0.4, 0.5) is 17.3 Å². The summed E-state index contributed by atoms with van der Waals surface area (Å²) in [5.74, 6) is 1.39. The number of hydrogen-bond donors (Lipinski definition) is 2. The first-order valence-corrected chi connectivity index (χ1v) is 6.64. The Kier molecular flexibility index (Phi) is 3.83. The number of nitrogens with zero attached hydrogens (tertiary/aromatic N) is 4. The molecule has 0 aliphatic rings. The number of rotatable bonds is 5. The summed E-state index contributed by atoms with van der Waals surface area (Å²) in [6, 6.07) is 9.36. The smallest absolute Gasteiger partial charge is 0.323 e. The fourth-order valence-electron chi connectivity index (χ4n) is 1.84. The summed E-state index contributed by atoms with van der Waals surface area (Å²) in [5.41, 5.74) is 0.846. The average Bonchev–Trinajstić information content (AvgIpc) is 2.93. The summed E-state index contributed by atoms with van der Waals surface area (Å²) in [6.07, 6.45) is 1.52. The van der Waals surface area contributed by atoms with Gasteiger partial charge in [-0.2, -0.15) is 10.1 Å². The number of aromatic nitrogens is 4. The van der Waals surface area contributed by atoms with Crippen molar-refractivity contribution < 1.29 is 9.66 Å². The van der Waals surface area contributed by atoms with Gasteiger partial charge < -0.3 is 10.1 Å². The summed E-state index contributed by atoms with van der Waals surface area (Å²) in [4.78, 5) is 18.4. The molecular weight excluding hydrogens is 300 g/mol. The molecule has 0 spiro atoms.